The van der Waals surface area contributed by atoms with Gasteiger partial charge in [0.2, 0.25) is 0 Å². The van der Waals surface area contributed by atoms with Gasteiger partial charge in [0.25, 0.3) is 0 Å². The van der Waals surface area contributed by atoms with E-state index in [1.165, 1.54) is 0 Å². The Kier molecular flexibility index (Phi) is 4.64. The highest BCUT2D eigenvalue weighted by Gasteiger charge is 2.09. The number of rotatable bonds is 5. The third-order valence-corrected chi connectivity index (χ3v) is 3.35. The third-order valence-electron chi connectivity index (χ3n) is 3.06. The monoisotopic (exact) mass is 288 g/mol. The van der Waals surface area contributed by atoms with Gasteiger partial charge >= 0.3 is 0 Å². The van der Waals surface area contributed by atoms with Crippen molar-refractivity contribution in [1.29, 1.82) is 5.41 Å². The van der Waals surface area contributed by atoms with Crippen LogP contribution in [-0.2, 0) is 0 Å². The highest BCUT2D eigenvalue weighted by Crippen LogP contribution is 2.30. The van der Waals surface area contributed by atoms with Gasteiger partial charge in [-0.1, -0.05) is 54.9 Å². The summed E-state index contributed by atoms with van der Waals surface area (Å²) < 4.78 is 5.60. The van der Waals surface area contributed by atoms with Gasteiger partial charge in [0.05, 0.1) is 17.5 Å². The topological polar surface area (TPSA) is 59.1 Å². The summed E-state index contributed by atoms with van der Waals surface area (Å²) in [5.41, 5.74) is 7.56. The molecule has 104 valence electrons. The normalized spacial score (nSPS) is 11.9. The lowest BCUT2D eigenvalue weighted by Crippen LogP contribution is -2.25. The Hall–Kier alpha value is -2.00. The Balaban J connectivity index is 2.12. The average molecular weight is 289 g/mol. The van der Waals surface area contributed by atoms with Crippen molar-refractivity contribution in [2.45, 2.75) is 6.92 Å². The quantitative estimate of drug-likeness (QED) is 0.646. The molecule has 0 fully saturated rings. The number of ether oxygens (including phenoxy) is 1. The van der Waals surface area contributed by atoms with E-state index in [0.717, 1.165) is 11.1 Å². The molecule has 0 aliphatic carbocycles. The summed E-state index contributed by atoms with van der Waals surface area (Å²) in [7, 11) is 0. The van der Waals surface area contributed by atoms with Gasteiger partial charge in [-0.15, -0.1) is 0 Å². The van der Waals surface area contributed by atoms with Crippen LogP contribution < -0.4 is 10.5 Å². The summed E-state index contributed by atoms with van der Waals surface area (Å²) >= 11 is 6.23. The molecule has 0 saturated heterocycles. The van der Waals surface area contributed by atoms with Crippen LogP contribution in [0, 0.1) is 11.3 Å². The van der Waals surface area contributed by atoms with Crippen LogP contribution in [0.2, 0.25) is 5.02 Å². The molecule has 0 saturated carbocycles. The Labute approximate surface area is 123 Å². The van der Waals surface area contributed by atoms with Crippen molar-refractivity contribution in [1.82, 2.24) is 0 Å². The number of nitrogens with two attached hydrogens (primary N) is 1. The fourth-order valence-electron chi connectivity index (χ4n) is 1.73. The van der Waals surface area contributed by atoms with E-state index in [2.05, 4.69) is 0 Å². The molecule has 0 aliphatic heterocycles. The van der Waals surface area contributed by atoms with Crippen LogP contribution in [-0.4, -0.2) is 12.4 Å². The first-order valence-corrected chi connectivity index (χ1v) is 6.77. The fourth-order valence-corrected chi connectivity index (χ4v) is 1.97. The molecule has 2 aromatic rings. The average Bonchev–Trinajstić information content (AvgIpc) is 2.46. The molecule has 0 radical (unpaired) electrons. The van der Waals surface area contributed by atoms with Crippen LogP contribution >= 0.6 is 11.6 Å². The fraction of sp³-hybridized carbons (Fsp3) is 0.188. The molecular formula is C16H17ClN2O. The summed E-state index contributed by atoms with van der Waals surface area (Å²) in [5, 5.41) is 7.89. The van der Waals surface area contributed by atoms with Crippen molar-refractivity contribution in [3.63, 3.8) is 0 Å². The maximum Gasteiger partial charge on any atom is 0.137 e. The highest BCUT2D eigenvalue weighted by atomic mass is 35.5. The SMILES string of the molecule is CC(COc1ccc(-c2ccccc2)cc1Cl)C(=N)N. The Bertz CT molecular complexity index is 599. The molecule has 0 amide bonds. The smallest absolute Gasteiger partial charge is 0.137 e. The maximum atomic E-state index is 7.33. The molecule has 2 aromatic carbocycles. The zero-order valence-corrected chi connectivity index (χ0v) is 12.0. The second-order valence-electron chi connectivity index (χ2n) is 4.68. The van der Waals surface area contributed by atoms with Crippen molar-refractivity contribution >= 4 is 17.4 Å². The van der Waals surface area contributed by atoms with Gasteiger partial charge in [-0.25, -0.2) is 0 Å². The molecule has 0 aliphatic rings. The van der Waals surface area contributed by atoms with Crippen LogP contribution in [0.5, 0.6) is 5.75 Å². The summed E-state index contributed by atoms with van der Waals surface area (Å²) in [6.45, 7) is 2.19. The minimum absolute atomic E-state index is 0.113. The molecule has 20 heavy (non-hydrogen) atoms. The highest BCUT2D eigenvalue weighted by molar-refractivity contribution is 6.32. The van der Waals surface area contributed by atoms with E-state index in [1.807, 2.05) is 55.5 Å². The van der Waals surface area contributed by atoms with Gasteiger partial charge in [-0.3, -0.25) is 5.41 Å². The first kappa shape index (κ1) is 14.4. The lowest BCUT2D eigenvalue weighted by molar-refractivity contribution is 0.292. The number of amidine groups is 1. The lowest BCUT2D eigenvalue weighted by atomic mass is 10.1. The Morgan fingerprint density at radius 1 is 1.20 bits per heavy atom. The zero-order chi connectivity index (χ0) is 14.5. The van der Waals surface area contributed by atoms with Gasteiger partial charge in [-0.2, -0.15) is 0 Å². The number of halogens is 1. The van der Waals surface area contributed by atoms with Gasteiger partial charge in [-0.05, 0) is 23.3 Å². The predicted octanol–water partition coefficient (Wildman–Crippen LogP) is 3.96. The van der Waals surface area contributed by atoms with Crippen LogP contribution in [0.4, 0.5) is 0 Å². The van der Waals surface area contributed by atoms with E-state index < -0.39 is 0 Å². The van der Waals surface area contributed by atoms with Gasteiger partial charge in [0, 0.05) is 5.92 Å². The number of benzene rings is 2. The van der Waals surface area contributed by atoms with Crippen LogP contribution in [0.3, 0.4) is 0 Å². The molecule has 0 heterocycles. The molecule has 4 heteroatoms. The van der Waals surface area contributed by atoms with Gasteiger partial charge in [0.1, 0.15) is 5.75 Å². The van der Waals surface area contributed by atoms with Gasteiger partial charge in [0.15, 0.2) is 0 Å². The minimum atomic E-state index is -0.125. The third kappa shape index (κ3) is 3.52. The molecule has 1 atom stereocenters. The molecule has 3 nitrogen and oxygen atoms in total. The predicted molar refractivity (Wildman–Crippen MR) is 83.5 cm³/mol. The first-order chi connectivity index (χ1) is 9.58. The van der Waals surface area contributed by atoms with E-state index in [0.29, 0.717) is 17.4 Å². The van der Waals surface area contributed by atoms with Crippen molar-refractivity contribution in [3.8, 4) is 16.9 Å². The largest absolute Gasteiger partial charge is 0.491 e. The summed E-state index contributed by atoms with van der Waals surface area (Å²) in [5.74, 6) is 0.598. The maximum absolute atomic E-state index is 7.33. The minimum Gasteiger partial charge on any atom is -0.491 e. The molecule has 3 N–H and O–H groups in total. The second-order valence-corrected chi connectivity index (χ2v) is 5.09. The van der Waals surface area contributed by atoms with E-state index in [1.54, 1.807) is 0 Å². The standard InChI is InChI=1S/C16H17ClN2O/c1-11(16(18)19)10-20-15-8-7-13(9-14(15)17)12-5-3-2-4-6-12/h2-9,11H,10H2,1H3,(H3,18,19). The Morgan fingerprint density at radius 3 is 2.50 bits per heavy atom. The van der Waals surface area contributed by atoms with E-state index in [4.69, 9.17) is 27.5 Å². The Morgan fingerprint density at radius 2 is 1.90 bits per heavy atom. The van der Waals surface area contributed by atoms with E-state index >= 15 is 0 Å². The zero-order valence-electron chi connectivity index (χ0n) is 11.3. The first-order valence-electron chi connectivity index (χ1n) is 6.39. The van der Waals surface area contributed by atoms with Crippen LogP contribution in [0.25, 0.3) is 11.1 Å². The van der Waals surface area contributed by atoms with E-state index in [-0.39, 0.29) is 11.8 Å². The van der Waals surface area contributed by atoms with Crippen LogP contribution in [0.15, 0.2) is 48.5 Å². The molecular weight excluding hydrogens is 272 g/mol. The summed E-state index contributed by atoms with van der Waals surface area (Å²) in [6, 6.07) is 15.7. The van der Waals surface area contributed by atoms with Crippen LogP contribution in [0.1, 0.15) is 6.92 Å². The van der Waals surface area contributed by atoms with Crippen molar-refractivity contribution in [2.75, 3.05) is 6.61 Å². The molecule has 2 rings (SSSR count). The number of hydrogen-bond donors (Lipinski definition) is 2. The lowest BCUT2D eigenvalue weighted by Gasteiger charge is -2.13. The van der Waals surface area contributed by atoms with Crippen molar-refractivity contribution in [3.05, 3.63) is 53.6 Å². The molecule has 0 spiro atoms. The molecule has 0 aromatic heterocycles. The number of hydrogen-bond acceptors (Lipinski definition) is 2. The number of nitrogens with one attached hydrogen (secondary N) is 1. The summed E-state index contributed by atoms with van der Waals surface area (Å²) in [6.07, 6.45) is 0. The van der Waals surface area contributed by atoms with Crippen molar-refractivity contribution in [2.24, 2.45) is 11.7 Å². The van der Waals surface area contributed by atoms with Crippen molar-refractivity contribution < 1.29 is 4.74 Å². The van der Waals surface area contributed by atoms with E-state index in [9.17, 15) is 0 Å². The van der Waals surface area contributed by atoms with Gasteiger partial charge < -0.3 is 10.5 Å². The second kappa shape index (κ2) is 6.44. The molecule has 0 bridgehead atoms. The molecule has 1 unspecified atom stereocenters. The summed E-state index contributed by atoms with van der Waals surface area (Å²) in [4.78, 5) is 0.